The highest BCUT2D eigenvalue weighted by molar-refractivity contribution is 5.89. The zero-order valence-corrected chi connectivity index (χ0v) is 14.0. The smallest absolute Gasteiger partial charge is 0.329 e. The van der Waals surface area contributed by atoms with Crippen molar-refractivity contribution >= 4 is 17.8 Å². The number of hydrogen-bond acceptors (Lipinski definition) is 3. The standard InChI is InChI=1S/C18H24N2O4/c1-14(21)20(12-9-15-7-3-2-4-8-15)13-16(22)19-18(17(23)24)10-5-6-11-18/h2-4,7-8H,5-6,9-13H2,1H3,(H,19,22)(H,23,24). The lowest BCUT2D eigenvalue weighted by molar-refractivity contribution is -0.147. The number of rotatable bonds is 7. The van der Waals surface area contributed by atoms with Crippen molar-refractivity contribution in [3.8, 4) is 0 Å². The quantitative estimate of drug-likeness (QED) is 0.794. The molecule has 0 heterocycles. The highest BCUT2D eigenvalue weighted by Gasteiger charge is 2.42. The third-order valence-corrected chi connectivity index (χ3v) is 4.54. The molecule has 2 N–H and O–H groups in total. The number of nitrogens with one attached hydrogen (secondary N) is 1. The van der Waals surface area contributed by atoms with Crippen LogP contribution in [-0.2, 0) is 20.8 Å². The fraction of sp³-hybridized carbons (Fsp3) is 0.500. The molecule has 0 atom stereocenters. The Morgan fingerprint density at radius 3 is 2.33 bits per heavy atom. The van der Waals surface area contributed by atoms with Gasteiger partial charge < -0.3 is 15.3 Å². The van der Waals surface area contributed by atoms with Gasteiger partial charge in [0.25, 0.3) is 0 Å². The molecular weight excluding hydrogens is 308 g/mol. The zero-order valence-electron chi connectivity index (χ0n) is 14.0. The van der Waals surface area contributed by atoms with Gasteiger partial charge in [0.15, 0.2) is 0 Å². The number of amides is 2. The van der Waals surface area contributed by atoms with E-state index in [1.807, 2.05) is 30.3 Å². The van der Waals surface area contributed by atoms with E-state index in [1.54, 1.807) is 0 Å². The largest absolute Gasteiger partial charge is 0.480 e. The second kappa shape index (κ2) is 7.95. The lowest BCUT2D eigenvalue weighted by Crippen LogP contribution is -2.55. The number of hydrogen-bond donors (Lipinski definition) is 2. The molecule has 0 saturated heterocycles. The summed E-state index contributed by atoms with van der Waals surface area (Å²) in [5.41, 5.74) is -0.0825. The molecule has 0 spiro atoms. The number of carboxylic acids is 1. The van der Waals surface area contributed by atoms with E-state index >= 15 is 0 Å². The molecule has 2 amide bonds. The van der Waals surface area contributed by atoms with Gasteiger partial charge in [-0.15, -0.1) is 0 Å². The predicted octanol–water partition coefficient (Wildman–Crippen LogP) is 1.59. The number of carboxylic acid groups (broad SMARTS) is 1. The summed E-state index contributed by atoms with van der Waals surface area (Å²) in [6.07, 6.45) is 3.11. The normalized spacial score (nSPS) is 15.7. The summed E-state index contributed by atoms with van der Waals surface area (Å²) in [5.74, 6) is -1.61. The van der Waals surface area contributed by atoms with Crippen LogP contribution in [0, 0.1) is 0 Å². The monoisotopic (exact) mass is 332 g/mol. The van der Waals surface area contributed by atoms with Gasteiger partial charge in [0.1, 0.15) is 5.54 Å². The second-order valence-corrected chi connectivity index (χ2v) is 6.32. The van der Waals surface area contributed by atoms with E-state index in [-0.39, 0.29) is 12.5 Å². The third kappa shape index (κ3) is 4.57. The van der Waals surface area contributed by atoms with Crippen LogP contribution >= 0.6 is 0 Å². The maximum Gasteiger partial charge on any atom is 0.329 e. The Labute approximate surface area is 141 Å². The van der Waals surface area contributed by atoms with Gasteiger partial charge in [-0.25, -0.2) is 4.79 Å². The third-order valence-electron chi connectivity index (χ3n) is 4.54. The number of nitrogens with zero attached hydrogens (tertiary/aromatic N) is 1. The first kappa shape index (κ1) is 18.0. The van der Waals surface area contributed by atoms with Crippen molar-refractivity contribution in [1.29, 1.82) is 0 Å². The number of benzene rings is 1. The summed E-state index contributed by atoms with van der Waals surface area (Å²) in [5, 5.41) is 12.1. The maximum absolute atomic E-state index is 12.3. The Kier molecular flexibility index (Phi) is 5.95. The molecular formula is C18H24N2O4. The van der Waals surface area contributed by atoms with Crippen LogP contribution in [0.3, 0.4) is 0 Å². The molecule has 130 valence electrons. The fourth-order valence-electron chi connectivity index (χ4n) is 3.11. The Morgan fingerprint density at radius 2 is 1.79 bits per heavy atom. The molecule has 6 nitrogen and oxygen atoms in total. The van der Waals surface area contributed by atoms with Crippen LogP contribution in [0.25, 0.3) is 0 Å². The summed E-state index contributed by atoms with van der Waals surface area (Å²) >= 11 is 0. The average Bonchev–Trinajstić information content (AvgIpc) is 3.02. The minimum atomic E-state index is -1.17. The first-order valence-corrected chi connectivity index (χ1v) is 8.27. The first-order chi connectivity index (χ1) is 11.4. The second-order valence-electron chi connectivity index (χ2n) is 6.32. The van der Waals surface area contributed by atoms with E-state index in [2.05, 4.69) is 5.32 Å². The van der Waals surface area contributed by atoms with Gasteiger partial charge in [0, 0.05) is 13.5 Å². The van der Waals surface area contributed by atoms with Crippen molar-refractivity contribution in [1.82, 2.24) is 10.2 Å². The highest BCUT2D eigenvalue weighted by atomic mass is 16.4. The van der Waals surface area contributed by atoms with Crippen LogP contribution in [-0.4, -0.2) is 46.4 Å². The first-order valence-electron chi connectivity index (χ1n) is 8.27. The van der Waals surface area contributed by atoms with Crippen LogP contribution in [0.15, 0.2) is 30.3 Å². The van der Waals surface area contributed by atoms with Gasteiger partial charge in [-0.1, -0.05) is 43.2 Å². The van der Waals surface area contributed by atoms with E-state index in [4.69, 9.17) is 0 Å². The Bertz CT molecular complexity index is 594. The molecule has 1 saturated carbocycles. The van der Waals surface area contributed by atoms with Crippen molar-refractivity contribution in [3.63, 3.8) is 0 Å². The Balaban J connectivity index is 1.93. The Morgan fingerprint density at radius 1 is 1.17 bits per heavy atom. The minimum absolute atomic E-state index is 0.114. The van der Waals surface area contributed by atoms with Gasteiger partial charge >= 0.3 is 5.97 Å². The molecule has 0 radical (unpaired) electrons. The van der Waals surface area contributed by atoms with Crippen LogP contribution in [0.1, 0.15) is 38.2 Å². The summed E-state index contributed by atoms with van der Waals surface area (Å²) in [6, 6.07) is 9.72. The predicted molar refractivity (Wildman–Crippen MR) is 89.4 cm³/mol. The highest BCUT2D eigenvalue weighted by Crippen LogP contribution is 2.29. The molecule has 0 aromatic heterocycles. The van der Waals surface area contributed by atoms with E-state index in [9.17, 15) is 19.5 Å². The van der Waals surface area contributed by atoms with Crippen LogP contribution in [0.5, 0.6) is 0 Å². The topological polar surface area (TPSA) is 86.7 Å². The number of carbonyl (C=O) groups is 3. The molecule has 0 aliphatic heterocycles. The molecule has 1 aliphatic rings. The molecule has 24 heavy (non-hydrogen) atoms. The van der Waals surface area contributed by atoms with Gasteiger partial charge in [-0.2, -0.15) is 0 Å². The van der Waals surface area contributed by atoms with Crippen molar-refractivity contribution in [3.05, 3.63) is 35.9 Å². The van der Waals surface area contributed by atoms with Crippen LogP contribution in [0.4, 0.5) is 0 Å². The van der Waals surface area contributed by atoms with E-state index in [0.717, 1.165) is 18.4 Å². The summed E-state index contributed by atoms with van der Waals surface area (Å²) in [4.78, 5) is 37.0. The lowest BCUT2D eigenvalue weighted by atomic mass is 9.98. The van der Waals surface area contributed by atoms with Gasteiger partial charge in [0.05, 0.1) is 6.54 Å². The number of aliphatic carboxylic acids is 1. The molecule has 1 aliphatic carbocycles. The number of carbonyl (C=O) groups excluding carboxylic acids is 2. The van der Waals surface area contributed by atoms with Gasteiger partial charge in [-0.05, 0) is 24.8 Å². The molecule has 1 aromatic rings. The van der Waals surface area contributed by atoms with Gasteiger partial charge in [0.2, 0.25) is 11.8 Å². The van der Waals surface area contributed by atoms with Gasteiger partial charge in [-0.3, -0.25) is 9.59 Å². The molecule has 6 heteroatoms. The molecule has 1 aromatic carbocycles. The van der Waals surface area contributed by atoms with Crippen molar-refractivity contribution < 1.29 is 19.5 Å². The Hall–Kier alpha value is -2.37. The minimum Gasteiger partial charge on any atom is -0.480 e. The SMILES string of the molecule is CC(=O)N(CCc1ccccc1)CC(=O)NC1(C(=O)O)CCCC1. The van der Waals surface area contributed by atoms with E-state index < -0.39 is 17.4 Å². The van der Waals surface area contributed by atoms with E-state index in [0.29, 0.717) is 25.8 Å². The van der Waals surface area contributed by atoms with E-state index in [1.165, 1.54) is 11.8 Å². The molecule has 0 bridgehead atoms. The van der Waals surface area contributed by atoms with Crippen molar-refractivity contribution in [2.75, 3.05) is 13.1 Å². The van der Waals surface area contributed by atoms with Crippen molar-refractivity contribution in [2.24, 2.45) is 0 Å². The average molecular weight is 332 g/mol. The lowest BCUT2D eigenvalue weighted by Gasteiger charge is -2.27. The van der Waals surface area contributed by atoms with Crippen LogP contribution < -0.4 is 5.32 Å². The fourth-order valence-corrected chi connectivity index (χ4v) is 3.11. The molecule has 2 rings (SSSR count). The zero-order chi connectivity index (χ0) is 17.6. The molecule has 0 unspecified atom stereocenters. The maximum atomic E-state index is 12.3. The molecule has 1 fully saturated rings. The summed E-state index contributed by atoms with van der Waals surface area (Å²) < 4.78 is 0. The summed E-state index contributed by atoms with van der Waals surface area (Å²) in [6.45, 7) is 1.73. The van der Waals surface area contributed by atoms with Crippen molar-refractivity contribution in [2.45, 2.75) is 44.6 Å². The van der Waals surface area contributed by atoms with Crippen LogP contribution in [0.2, 0.25) is 0 Å². The summed E-state index contributed by atoms with van der Waals surface area (Å²) in [7, 11) is 0.